The number of benzene rings is 2. The number of nitrogen functional groups attached to an aromatic ring is 1. The maximum absolute atomic E-state index is 13.7. The quantitative estimate of drug-likeness (QED) is 0.234. The highest BCUT2D eigenvalue weighted by Gasteiger charge is 2.21. The molecule has 5 N–H and O–H groups in total. The second-order valence-corrected chi connectivity index (χ2v) is 9.66. The number of hydrogen-bond donors (Lipinski definition) is 4. The van der Waals surface area contributed by atoms with E-state index in [0.717, 1.165) is 42.8 Å². The molecule has 0 unspecified atom stereocenters. The van der Waals surface area contributed by atoms with Crippen molar-refractivity contribution in [2.75, 3.05) is 24.1 Å². The molecule has 2 aromatic heterocycles. The van der Waals surface area contributed by atoms with Gasteiger partial charge in [-0.25, -0.2) is 28.7 Å². The third kappa shape index (κ3) is 6.56. The predicted octanol–water partition coefficient (Wildman–Crippen LogP) is 3.51. The molecule has 1 aliphatic heterocycles. The van der Waals surface area contributed by atoms with E-state index < -0.39 is 23.6 Å². The SMILES string of the molecule is C[C@H](NC(=O)c1nc(C#N)cnc1NCc1ccc(-c2cnc(N)c(O[C@@H]3CCNC3)n2)cc1)c1ccc(F)c(F)c1. The van der Waals surface area contributed by atoms with E-state index in [4.69, 9.17) is 10.5 Å². The topological polar surface area (TPSA) is 164 Å². The lowest BCUT2D eigenvalue weighted by atomic mass is 10.1. The third-order valence-electron chi connectivity index (χ3n) is 6.66. The fourth-order valence-electron chi connectivity index (χ4n) is 4.33. The molecule has 5 rings (SSSR count). The first-order valence-electron chi connectivity index (χ1n) is 13.2. The van der Waals surface area contributed by atoms with Crippen LogP contribution in [0.25, 0.3) is 11.3 Å². The first-order valence-corrected chi connectivity index (χ1v) is 13.2. The van der Waals surface area contributed by atoms with Gasteiger partial charge in [0.25, 0.3) is 11.8 Å². The van der Waals surface area contributed by atoms with Crippen LogP contribution in [-0.2, 0) is 6.54 Å². The molecule has 2 aromatic carbocycles. The van der Waals surface area contributed by atoms with E-state index in [0.29, 0.717) is 17.1 Å². The number of ether oxygens (including phenoxy) is 1. The first-order chi connectivity index (χ1) is 20.3. The molecule has 1 saturated heterocycles. The van der Waals surface area contributed by atoms with Gasteiger partial charge in [0.2, 0.25) is 0 Å². The largest absolute Gasteiger partial charge is 0.470 e. The van der Waals surface area contributed by atoms with E-state index in [2.05, 4.69) is 35.9 Å². The molecule has 0 aliphatic carbocycles. The van der Waals surface area contributed by atoms with Crippen molar-refractivity contribution < 1.29 is 18.3 Å². The minimum atomic E-state index is -1.02. The zero-order valence-electron chi connectivity index (χ0n) is 22.6. The number of nitrogens with zero attached hydrogens (tertiary/aromatic N) is 5. The van der Waals surface area contributed by atoms with Crippen molar-refractivity contribution in [2.45, 2.75) is 32.0 Å². The highest BCUT2D eigenvalue weighted by Crippen LogP contribution is 2.25. The Hall–Kier alpha value is -5.22. The zero-order valence-corrected chi connectivity index (χ0v) is 22.6. The van der Waals surface area contributed by atoms with Gasteiger partial charge in [0, 0.05) is 18.7 Å². The number of rotatable bonds is 9. The number of nitrogens with two attached hydrogens (primary N) is 1. The van der Waals surface area contributed by atoms with Crippen molar-refractivity contribution in [3.63, 3.8) is 0 Å². The van der Waals surface area contributed by atoms with Gasteiger partial charge in [-0.1, -0.05) is 30.3 Å². The van der Waals surface area contributed by atoms with Gasteiger partial charge in [-0.15, -0.1) is 0 Å². The lowest BCUT2D eigenvalue weighted by Gasteiger charge is -2.16. The monoisotopic (exact) mass is 571 g/mol. The van der Waals surface area contributed by atoms with Gasteiger partial charge in [0.1, 0.15) is 12.2 Å². The van der Waals surface area contributed by atoms with Crippen molar-refractivity contribution in [1.29, 1.82) is 5.26 Å². The molecule has 3 heterocycles. The standard InChI is InChI=1S/C29H27F2N9O2/c1-16(19-6-7-22(30)23(31)10-19)38-28(41)25-27(37-13-20(11-32)39-25)36-12-17-2-4-18(5-3-17)24-15-35-26(33)29(40-24)42-21-8-9-34-14-21/h2-7,10,13,15-16,21,34H,8-9,12,14H2,1H3,(H2,33,35)(H,36,37)(H,38,41)/t16-,21+/m0/s1. The Kier molecular flexibility index (Phi) is 8.44. The molecule has 4 aromatic rings. The molecule has 1 fully saturated rings. The van der Waals surface area contributed by atoms with Crippen LogP contribution in [0.15, 0.2) is 54.9 Å². The van der Waals surface area contributed by atoms with E-state index in [-0.39, 0.29) is 35.7 Å². The number of nitriles is 1. The number of carbonyl (C=O) groups is 1. The first kappa shape index (κ1) is 28.3. The summed E-state index contributed by atoms with van der Waals surface area (Å²) < 4.78 is 32.9. The summed E-state index contributed by atoms with van der Waals surface area (Å²) in [6.07, 6.45) is 3.70. The predicted molar refractivity (Wildman–Crippen MR) is 150 cm³/mol. The molecule has 214 valence electrons. The average Bonchev–Trinajstić information content (AvgIpc) is 3.52. The Labute approximate surface area is 240 Å². The fourth-order valence-corrected chi connectivity index (χ4v) is 4.33. The number of anilines is 2. The van der Waals surface area contributed by atoms with Crippen LogP contribution in [0.4, 0.5) is 20.4 Å². The maximum Gasteiger partial charge on any atom is 0.274 e. The summed E-state index contributed by atoms with van der Waals surface area (Å²) >= 11 is 0. The summed E-state index contributed by atoms with van der Waals surface area (Å²) in [5, 5.41) is 18.3. The molecule has 13 heteroatoms. The van der Waals surface area contributed by atoms with Gasteiger partial charge in [-0.05, 0) is 43.1 Å². The molecule has 0 bridgehead atoms. The lowest BCUT2D eigenvalue weighted by molar-refractivity contribution is 0.0935. The summed E-state index contributed by atoms with van der Waals surface area (Å²) in [5.74, 6) is -1.96. The number of amides is 1. The van der Waals surface area contributed by atoms with E-state index in [9.17, 15) is 18.8 Å². The molecular formula is C29H27F2N9O2. The van der Waals surface area contributed by atoms with Crippen LogP contribution in [0, 0.1) is 23.0 Å². The average molecular weight is 572 g/mol. The second kappa shape index (κ2) is 12.5. The lowest BCUT2D eigenvalue weighted by Crippen LogP contribution is -2.29. The minimum absolute atomic E-state index is 0.00304. The van der Waals surface area contributed by atoms with Crippen LogP contribution in [0.2, 0.25) is 0 Å². The highest BCUT2D eigenvalue weighted by atomic mass is 19.2. The molecule has 0 saturated carbocycles. The molecule has 2 atom stereocenters. The van der Waals surface area contributed by atoms with Crippen LogP contribution in [-0.4, -0.2) is 45.0 Å². The summed E-state index contributed by atoms with van der Waals surface area (Å²) in [7, 11) is 0. The van der Waals surface area contributed by atoms with Gasteiger partial charge in [0.05, 0.1) is 24.1 Å². The zero-order chi connectivity index (χ0) is 29.6. The van der Waals surface area contributed by atoms with Gasteiger partial charge in [-0.3, -0.25) is 4.79 Å². The molecule has 11 nitrogen and oxygen atoms in total. The number of aromatic nitrogens is 4. The summed E-state index contributed by atoms with van der Waals surface area (Å²) in [4.78, 5) is 30.2. The molecule has 1 amide bonds. The smallest absolute Gasteiger partial charge is 0.274 e. The van der Waals surface area contributed by atoms with Gasteiger partial charge in [-0.2, -0.15) is 5.26 Å². The Morgan fingerprint density at radius 3 is 2.69 bits per heavy atom. The minimum Gasteiger partial charge on any atom is -0.470 e. The number of halogens is 2. The second-order valence-electron chi connectivity index (χ2n) is 9.66. The third-order valence-corrected chi connectivity index (χ3v) is 6.66. The Morgan fingerprint density at radius 1 is 1.17 bits per heavy atom. The van der Waals surface area contributed by atoms with E-state index in [1.54, 1.807) is 13.1 Å². The van der Waals surface area contributed by atoms with Crippen molar-refractivity contribution in [3.05, 3.63) is 89.0 Å². The van der Waals surface area contributed by atoms with Crippen LogP contribution in [0.3, 0.4) is 0 Å². The number of nitrogens with one attached hydrogen (secondary N) is 3. The van der Waals surface area contributed by atoms with Crippen molar-refractivity contribution in [3.8, 4) is 23.2 Å². The molecule has 0 spiro atoms. The molecule has 0 radical (unpaired) electrons. The Morgan fingerprint density at radius 2 is 1.98 bits per heavy atom. The van der Waals surface area contributed by atoms with Crippen LogP contribution in [0.1, 0.15) is 46.7 Å². The summed E-state index contributed by atoms with van der Waals surface area (Å²) in [6, 6.07) is 12.1. The number of hydrogen-bond acceptors (Lipinski definition) is 10. The van der Waals surface area contributed by atoms with Crippen molar-refractivity contribution >= 4 is 17.5 Å². The molecule has 1 aliphatic rings. The fraction of sp³-hybridized carbons (Fsp3) is 0.241. The highest BCUT2D eigenvalue weighted by molar-refractivity contribution is 5.97. The van der Waals surface area contributed by atoms with Crippen LogP contribution >= 0.6 is 0 Å². The van der Waals surface area contributed by atoms with E-state index in [1.165, 1.54) is 12.3 Å². The normalized spacial score (nSPS) is 15.0. The molecular weight excluding hydrogens is 544 g/mol. The Bertz CT molecular complexity index is 1640. The number of carbonyl (C=O) groups excluding carboxylic acids is 1. The maximum atomic E-state index is 13.7. The van der Waals surface area contributed by atoms with E-state index in [1.807, 2.05) is 30.3 Å². The van der Waals surface area contributed by atoms with Crippen molar-refractivity contribution in [2.24, 2.45) is 0 Å². The van der Waals surface area contributed by atoms with Crippen LogP contribution in [0.5, 0.6) is 5.88 Å². The van der Waals surface area contributed by atoms with E-state index >= 15 is 0 Å². The van der Waals surface area contributed by atoms with Gasteiger partial charge in [0.15, 0.2) is 34.7 Å². The summed E-state index contributed by atoms with van der Waals surface area (Å²) in [6.45, 7) is 3.51. The van der Waals surface area contributed by atoms with Gasteiger partial charge < -0.3 is 26.4 Å². The molecule has 42 heavy (non-hydrogen) atoms. The van der Waals surface area contributed by atoms with Crippen LogP contribution < -0.4 is 26.4 Å². The Balaban J connectivity index is 1.27. The van der Waals surface area contributed by atoms with Gasteiger partial charge >= 0.3 is 0 Å². The van der Waals surface area contributed by atoms with Crippen molar-refractivity contribution in [1.82, 2.24) is 30.6 Å². The summed E-state index contributed by atoms with van der Waals surface area (Å²) in [5.41, 5.74) is 8.46.